The van der Waals surface area contributed by atoms with Crippen LogP contribution in [0, 0.1) is 0 Å². The van der Waals surface area contributed by atoms with Crippen molar-refractivity contribution in [3.8, 4) is 0 Å². The van der Waals surface area contributed by atoms with Gasteiger partial charge < -0.3 is 5.32 Å². The van der Waals surface area contributed by atoms with Gasteiger partial charge in [-0.05, 0) is 6.42 Å². The Morgan fingerprint density at radius 2 is 2.23 bits per heavy atom. The first-order chi connectivity index (χ1) is 6.04. The lowest BCUT2D eigenvalue weighted by Crippen LogP contribution is -2.06. The number of alkyl halides is 3. The second-order valence-electron chi connectivity index (χ2n) is 2.46. The number of aromatic nitrogens is 1. The Kier molecular flexibility index (Phi) is 3.13. The molecule has 13 heavy (non-hydrogen) atoms. The van der Waals surface area contributed by atoms with Crippen LogP contribution in [0.2, 0.25) is 0 Å². The van der Waals surface area contributed by atoms with Crippen LogP contribution in [0.25, 0.3) is 0 Å². The molecule has 2 nitrogen and oxygen atoms in total. The predicted molar refractivity (Wildman–Crippen MR) is 45.9 cm³/mol. The number of anilines is 1. The highest BCUT2D eigenvalue weighted by atomic mass is 32.1. The van der Waals surface area contributed by atoms with Crippen LogP contribution >= 0.6 is 11.3 Å². The Labute approximate surface area is 77.8 Å². The molecule has 1 aromatic rings. The standard InChI is InChI=1S/C7H9F3N2S/c1-2-3-11-6-12-5(4-13-6)7(8,9)10/h4H,2-3H2,1H3,(H,11,12). The van der Waals surface area contributed by atoms with E-state index in [1.807, 2.05) is 6.92 Å². The average Bonchev–Trinajstić information content (AvgIpc) is 2.47. The summed E-state index contributed by atoms with van der Waals surface area (Å²) in [6, 6.07) is 0. The van der Waals surface area contributed by atoms with Gasteiger partial charge >= 0.3 is 6.18 Å². The van der Waals surface area contributed by atoms with E-state index in [1.54, 1.807) is 0 Å². The average molecular weight is 210 g/mol. The molecule has 6 heteroatoms. The first kappa shape index (κ1) is 10.3. The van der Waals surface area contributed by atoms with Crippen LogP contribution in [0.4, 0.5) is 18.3 Å². The first-order valence-corrected chi connectivity index (χ1v) is 4.68. The van der Waals surface area contributed by atoms with Crippen LogP contribution in [0.5, 0.6) is 0 Å². The van der Waals surface area contributed by atoms with Crippen LogP contribution in [-0.2, 0) is 6.18 Å². The highest BCUT2D eigenvalue weighted by molar-refractivity contribution is 7.13. The van der Waals surface area contributed by atoms with Gasteiger partial charge in [-0.3, -0.25) is 0 Å². The fourth-order valence-electron chi connectivity index (χ4n) is 0.717. The van der Waals surface area contributed by atoms with Gasteiger partial charge in [0.2, 0.25) is 0 Å². The van der Waals surface area contributed by atoms with Crippen molar-refractivity contribution < 1.29 is 13.2 Å². The molecular formula is C7H9F3N2S. The molecule has 0 aliphatic carbocycles. The molecule has 0 aliphatic heterocycles. The summed E-state index contributed by atoms with van der Waals surface area (Å²) in [7, 11) is 0. The molecule has 0 saturated heterocycles. The first-order valence-electron chi connectivity index (χ1n) is 3.80. The van der Waals surface area contributed by atoms with E-state index < -0.39 is 11.9 Å². The van der Waals surface area contributed by atoms with Crippen molar-refractivity contribution in [3.05, 3.63) is 11.1 Å². The summed E-state index contributed by atoms with van der Waals surface area (Å²) < 4.78 is 36.1. The number of hydrogen-bond acceptors (Lipinski definition) is 3. The van der Waals surface area contributed by atoms with Crippen molar-refractivity contribution in [3.63, 3.8) is 0 Å². The lowest BCUT2D eigenvalue weighted by Gasteiger charge is -2.00. The number of hydrogen-bond donors (Lipinski definition) is 1. The fraction of sp³-hybridized carbons (Fsp3) is 0.571. The molecule has 0 unspecified atom stereocenters. The summed E-state index contributed by atoms with van der Waals surface area (Å²) in [5.41, 5.74) is -0.823. The van der Waals surface area contributed by atoms with Gasteiger partial charge in [0.15, 0.2) is 10.8 Å². The number of nitrogens with one attached hydrogen (secondary N) is 1. The minimum absolute atomic E-state index is 0.328. The van der Waals surface area contributed by atoms with E-state index in [4.69, 9.17) is 0 Å². The third-order valence-electron chi connectivity index (χ3n) is 1.32. The normalized spacial score (nSPS) is 11.7. The van der Waals surface area contributed by atoms with Crippen LogP contribution in [0.1, 0.15) is 19.0 Å². The maximum Gasteiger partial charge on any atom is 0.434 e. The van der Waals surface area contributed by atoms with Crippen LogP contribution in [0.3, 0.4) is 0 Å². The van der Waals surface area contributed by atoms with Crippen molar-refractivity contribution in [2.75, 3.05) is 11.9 Å². The van der Waals surface area contributed by atoms with Gasteiger partial charge in [-0.25, -0.2) is 4.98 Å². The second-order valence-corrected chi connectivity index (χ2v) is 3.32. The summed E-state index contributed by atoms with van der Waals surface area (Å²) in [6.07, 6.45) is -3.47. The minimum Gasteiger partial charge on any atom is -0.362 e. The molecular weight excluding hydrogens is 201 g/mol. The van der Waals surface area contributed by atoms with Gasteiger partial charge in [-0.1, -0.05) is 6.92 Å². The zero-order valence-electron chi connectivity index (χ0n) is 6.98. The van der Waals surface area contributed by atoms with E-state index >= 15 is 0 Å². The molecule has 1 N–H and O–H groups in total. The van der Waals surface area contributed by atoms with Gasteiger partial charge in [0.05, 0.1) is 0 Å². The molecule has 0 saturated carbocycles. The maximum atomic E-state index is 12.0. The molecule has 0 amide bonds. The Bertz CT molecular complexity index is 269. The molecule has 1 aromatic heterocycles. The van der Waals surface area contributed by atoms with Crippen molar-refractivity contribution in [2.24, 2.45) is 0 Å². The van der Waals surface area contributed by atoms with E-state index in [0.29, 0.717) is 11.7 Å². The zero-order chi connectivity index (χ0) is 9.90. The smallest absolute Gasteiger partial charge is 0.362 e. The van der Waals surface area contributed by atoms with E-state index in [0.717, 1.165) is 23.1 Å². The number of nitrogens with zero attached hydrogens (tertiary/aromatic N) is 1. The lowest BCUT2D eigenvalue weighted by molar-refractivity contribution is -0.140. The topological polar surface area (TPSA) is 24.9 Å². The summed E-state index contributed by atoms with van der Waals surface area (Å²) in [5, 5.41) is 4.13. The second kappa shape index (κ2) is 3.95. The van der Waals surface area contributed by atoms with E-state index in [2.05, 4.69) is 10.3 Å². The summed E-state index contributed by atoms with van der Waals surface area (Å²) in [6.45, 7) is 2.58. The van der Waals surface area contributed by atoms with Gasteiger partial charge in [0.1, 0.15) is 0 Å². The lowest BCUT2D eigenvalue weighted by atomic mass is 10.5. The van der Waals surface area contributed by atoms with Crippen LogP contribution in [0.15, 0.2) is 5.38 Å². The Morgan fingerprint density at radius 1 is 1.54 bits per heavy atom. The van der Waals surface area contributed by atoms with E-state index in [9.17, 15) is 13.2 Å². The van der Waals surface area contributed by atoms with Crippen molar-refractivity contribution in [1.82, 2.24) is 4.98 Å². The highest BCUT2D eigenvalue weighted by Crippen LogP contribution is 2.31. The largest absolute Gasteiger partial charge is 0.434 e. The Morgan fingerprint density at radius 3 is 2.69 bits per heavy atom. The van der Waals surface area contributed by atoms with Crippen molar-refractivity contribution in [2.45, 2.75) is 19.5 Å². The summed E-state index contributed by atoms with van der Waals surface area (Å²) in [5.74, 6) is 0. The third kappa shape index (κ3) is 2.87. The van der Waals surface area contributed by atoms with E-state index in [-0.39, 0.29) is 0 Å². The van der Waals surface area contributed by atoms with Gasteiger partial charge in [0.25, 0.3) is 0 Å². The van der Waals surface area contributed by atoms with Crippen LogP contribution in [-0.4, -0.2) is 11.5 Å². The summed E-state index contributed by atoms with van der Waals surface area (Å²) >= 11 is 0.974. The fourth-order valence-corrected chi connectivity index (χ4v) is 1.46. The third-order valence-corrected chi connectivity index (χ3v) is 2.12. The molecule has 1 rings (SSSR count). The molecule has 1 heterocycles. The molecule has 0 aromatic carbocycles. The molecule has 74 valence electrons. The van der Waals surface area contributed by atoms with Gasteiger partial charge in [-0.15, -0.1) is 11.3 Å². The molecule has 0 aliphatic rings. The molecule has 0 spiro atoms. The maximum absolute atomic E-state index is 12.0. The minimum atomic E-state index is -4.33. The molecule has 0 bridgehead atoms. The Balaban J connectivity index is 2.64. The van der Waals surface area contributed by atoms with Gasteiger partial charge in [0, 0.05) is 11.9 Å². The predicted octanol–water partition coefficient (Wildman–Crippen LogP) is 2.98. The highest BCUT2D eigenvalue weighted by Gasteiger charge is 2.33. The molecule has 0 atom stereocenters. The van der Waals surface area contributed by atoms with Gasteiger partial charge in [-0.2, -0.15) is 13.2 Å². The Hall–Kier alpha value is -0.780. The molecule has 0 radical (unpaired) electrons. The number of rotatable bonds is 3. The number of halogens is 3. The molecule has 0 fully saturated rings. The van der Waals surface area contributed by atoms with Crippen LogP contribution < -0.4 is 5.32 Å². The zero-order valence-corrected chi connectivity index (χ0v) is 7.80. The van der Waals surface area contributed by atoms with E-state index in [1.165, 1.54) is 0 Å². The SMILES string of the molecule is CCCNc1nc(C(F)(F)F)cs1. The van der Waals surface area contributed by atoms with Crippen molar-refractivity contribution in [1.29, 1.82) is 0 Å². The monoisotopic (exact) mass is 210 g/mol. The quantitative estimate of drug-likeness (QED) is 0.829. The van der Waals surface area contributed by atoms with Crippen molar-refractivity contribution >= 4 is 16.5 Å². The number of thiazole rings is 1. The summed E-state index contributed by atoms with van der Waals surface area (Å²) in [4.78, 5) is 3.40.